The Kier molecular flexibility index (Phi) is 7.85. The maximum absolute atomic E-state index is 11.9. The van der Waals surface area contributed by atoms with Crippen LogP contribution >= 0.6 is 23.2 Å². The molecule has 0 aromatic heterocycles. The molecule has 3 amide bonds. The molecule has 0 heterocycles. The summed E-state index contributed by atoms with van der Waals surface area (Å²) < 4.78 is 0. The third-order valence-corrected chi connectivity index (χ3v) is 3.60. The number of carbonyl (C=O) groups is 3. The van der Waals surface area contributed by atoms with Crippen molar-refractivity contribution < 1.29 is 14.4 Å². The van der Waals surface area contributed by atoms with Gasteiger partial charge in [-0.05, 0) is 31.5 Å². The predicted molar refractivity (Wildman–Crippen MR) is 89.7 cm³/mol. The highest BCUT2D eigenvalue weighted by molar-refractivity contribution is 6.36. The molecule has 0 spiro atoms. The number of carbonyl (C=O) groups excluding carboxylic acids is 3. The molecule has 0 aliphatic rings. The second-order valence-corrected chi connectivity index (χ2v) is 5.80. The standard InChI is InChI=1S/C15H19Cl2N3O3/c1-3-9(2)20-14(22)8-18-13(21)7-19-15(23)11-5-4-10(16)6-12(11)17/h4-6,9H,3,7-8H2,1-2H3,(H,18,21)(H,19,23)(H,20,22). The summed E-state index contributed by atoms with van der Waals surface area (Å²) in [5.74, 6) is -1.24. The number of nitrogens with one attached hydrogen (secondary N) is 3. The van der Waals surface area contributed by atoms with Gasteiger partial charge in [-0.25, -0.2) is 0 Å². The summed E-state index contributed by atoms with van der Waals surface area (Å²) in [6, 6.07) is 4.49. The van der Waals surface area contributed by atoms with Gasteiger partial charge in [-0.3, -0.25) is 14.4 Å². The molecule has 1 aromatic carbocycles. The molecule has 0 fully saturated rings. The van der Waals surface area contributed by atoms with Gasteiger partial charge in [0.15, 0.2) is 0 Å². The van der Waals surface area contributed by atoms with Crippen molar-refractivity contribution in [2.24, 2.45) is 0 Å². The molecule has 23 heavy (non-hydrogen) atoms. The van der Waals surface area contributed by atoms with E-state index < -0.39 is 11.8 Å². The van der Waals surface area contributed by atoms with E-state index in [1.54, 1.807) is 0 Å². The summed E-state index contributed by atoms with van der Waals surface area (Å²) in [5.41, 5.74) is 0.221. The van der Waals surface area contributed by atoms with Crippen LogP contribution in [0.4, 0.5) is 0 Å². The Morgan fingerprint density at radius 2 is 1.74 bits per heavy atom. The molecular weight excluding hydrogens is 341 g/mol. The lowest BCUT2D eigenvalue weighted by atomic mass is 10.2. The van der Waals surface area contributed by atoms with Crippen LogP contribution in [0.15, 0.2) is 18.2 Å². The van der Waals surface area contributed by atoms with Gasteiger partial charge in [-0.15, -0.1) is 0 Å². The van der Waals surface area contributed by atoms with Crippen molar-refractivity contribution in [2.75, 3.05) is 13.1 Å². The van der Waals surface area contributed by atoms with Crippen LogP contribution < -0.4 is 16.0 Å². The summed E-state index contributed by atoms with van der Waals surface area (Å²) in [4.78, 5) is 35.0. The maximum Gasteiger partial charge on any atom is 0.253 e. The second-order valence-electron chi connectivity index (χ2n) is 4.96. The van der Waals surface area contributed by atoms with Gasteiger partial charge in [0.05, 0.1) is 23.7 Å². The molecule has 0 aliphatic heterocycles. The Morgan fingerprint density at radius 3 is 2.35 bits per heavy atom. The zero-order chi connectivity index (χ0) is 17.4. The largest absolute Gasteiger partial charge is 0.352 e. The van der Waals surface area contributed by atoms with E-state index in [0.29, 0.717) is 5.02 Å². The lowest BCUT2D eigenvalue weighted by Crippen LogP contribution is -2.43. The van der Waals surface area contributed by atoms with Gasteiger partial charge in [-0.2, -0.15) is 0 Å². The van der Waals surface area contributed by atoms with Gasteiger partial charge < -0.3 is 16.0 Å². The fourth-order valence-electron chi connectivity index (χ4n) is 1.60. The smallest absolute Gasteiger partial charge is 0.253 e. The summed E-state index contributed by atoms with van der Waals surface area (Å²) in [5, 5.41) is 8.18. The number of amides is 3. The van der Waals surface area contributed by atoms with E-state index in [9.17, 15) is 14.4 Å². The number of benzene rings is 1. The Labute approximate surface area is 144 Å². The average molecular weight is 360 g/mol. The highest BCUT2D eigenvalue weighted by Crippen LogP contribution is 2.20. The van der Waals surface area contributed by atoms with Crippen LogP contribution in [-0.4, -0.2) is 36.9 Å². The summed E-state index contributed by atoms with van der Waals surface area (Å²) in [7, 11) is 0. The monoisotopic (exact) mass is 359 g/mol. The molecule has 8 heteroatoms. The van der Waals surface area contributed by atoms with Crippen LogP contribution in [0.2, 0.25) is 10.0 Å². The van der Waals surface area contributed by atoms with E-state index in [1.807, 2.05) is 13.8 Å². The van der Waals surface area contributed by atoms with E-state index >= 15 is 0 Å². The first-order valence-electron chi connectivity index (χ1n) is 7.12. The fourth-order valence-corrected chi connectivity index (χ4v) is 2.09. The first-order valence-corrected chi connectivity index (χ1v) is 7.88. The van der Waals surface area contributed by atoms with Crippen LogP contribution in [0.5, 0.6) is 0 Å². The molecular formula is C15H19Cl2N3O3. The van der Waals surface area contributed by atoms with E-state index in [0.717, 1.165) is 6.42 Å². The molecule has 126 valence electrons. The maximum atomic E-state index is 11.9. The van der Waals surface area contributed by atoms with Crippen molar-refractivity contribution in [3.8, 4) is 0 Å². The first-order chi connectivity index (χ1) is 10.8. The second kappa shape index (κ2) is 9.37. The summed E-state index contributed by atoms with van der Waals surface area (Å²) in [6.07, 6.45) is 0.803. The minimum absolute atomic E-state index is 0.0474. The van der Waals surface area contributed by atoms with Crippen molar-refractivity contribution in [2.45, 2.75) is 26.3 Å². The number of hydrogen-bond donors (Lipinski definition) is 3. The van der Waals surface area contributed by atoms with Gasteiger partial charge in [0.2, 0.25) is 11.8 Å². The molecule has 1 rings (SSSR count). The number of hydrogen-bond acceptors (Lipinski definition) is 3. The van der Waals surface area contributed by atoms with Crippen LogP contribution in [0.1, 0.15) is 30.6 Å². The van der Waals surface area contributed by atoms with Gasteiger partial charge in [0.1, 0.15) is 0 Å². The van der Waals surface area contributed by atoms with E-state index in [-0.39, 0.29) is 35.6 Å². The molecule has 0 radical (unpaired) electrons. The molecule has 1 unspecified atom stereocenters. The quantitative estimate of drug-likeness (QED) is 0.692. The zero-order valence-electron chi connectivity index (χ0n) is 12.9. The highest BCUT2D eigenvalue weighted by Gasteiger charge is 2.13. The predicted octanol–water partition coefficient (Wildman–Crippen LogP) is 1.75. The fraction of sp³-hybridized carbons (Fsp3) is 0.400. The van der Waals surface area contributed by atoms with Gasteiger partial charge in [0, 0.05) is 11.1 Å². The van der Waals surface area contributed by atoms with Crippen LogP contribution in [0, 0.1) is 0 Å². The Bertz CT molecular complexity index is 593. The number of rotatable bonds is 7. The van der Waals surface area contributed by atoms with E-state index in [1.165, 1.54) is 18.2 Å². The molecule has 0 saturated heterocycles. The van der Waals surface area contributed by atoms with Gasteiger partial charge in [0.25, 0.3) is 5.91 Å². The van der Waals surface area contributed by atoms with Crippen molar-refractivity contribution in [3.63, 3.8) is 0 Å². The number of halogens is 2. The zero-order valence-corrected chi connectivity index (χ0v) is 14.4. The Balaban J connectivity index is 2.38. The molecule has 6 nitrogen and oxygen atoms in total. The van der Waals surface area contributed by atoms with Crippen molar-refractivity contribution in [1.82, 2.24) is 16.0 Å². The minimum Gasteiger partial charge on any atom is -0.352 e. The third kappa shape index (κ3) is 6.88. The highest BCUT2D eigenvalue weighted by atomic mass is 35.5. The molecule has 1 atom stereocenters. The molecule has 3 N–H and O–H groups in total. The van der Waals surface area contributed by atoms with Crippen molar-refractivity contribution in [3.05, 3.63) is 33.8 Å². The summed E-state index contributed by atoms with van der Waals surface area (Å²) in [6.45, 7) is 3.42. The lowest BCUT2D eigenvalue weighted by molar-refractivity contribution is -0.125. The van der Waals surface area contributed by atoms with Crippen molar-refractivity contribution in [1.29, 1.82) is 0 Å². The summed E-state index contributed by atoms with van der Waals surface area (Å²) >= 11 is 11.7. The normalized spacial score (nSPS) is 11.5. The topological polar surface area (TPSA) is 87.3 Å². The lowest BCUT2D eigenvalue weighted by Gasteiger charge is -2.12. The molecule has 1 aromatic rings. The third-order valence-electron chi connectivity index (χ3n) is 3.05. The van der Waals surface area contributed by atoms with E-state index in [4.69, 9.17) is 23.2 Å². The molecule has 0 aliphatic carbocycles. The van der Waals surface area contributed by atoms with Gasteiger partial charge in [-0.1, -0.05) is 30.1 Å². The van der Waals surface area contributed by atoms with Crippen LogP contribution in [-0.2, 0) is 9.59 Å². The van der Waals surface area contributed by atoms with Gasteiger partial charge >= 0.3 is 0 Å². The first kappa shape index (κ1) is 19.3. The van der Waals surface area contributed by atoms with Crippen LogP contribution in [0.3, 0.4) is 0 Å². The minimum atomic E-state index is -0.495. The Morgan fingerprint density at radius 1 is 1.09 bits per heavy atom. The molecule has 0 saturated carbocycles. The van der Waals surface area contributed by atoms with Crippen LogP contribution in [0.25, 0.3) is 0 Å². The van der Waals surface area contributed by atoms with Crippen molar-refractivity contribution >= 4 is 40.9 Å². The van der Waals surface area contributed by atoms with E-state index in [2.05, 4.69) is 16.0 Å². The SMILES string of the molecule is CCC(C)NC(=O)CNC(=O)CNC(=O)c1ccc(Cl)cc1Cl. The average Bonchev–Trinajstić information content (AvgIpc) is 2.50. The molecule has 0 bridgehead atoms. The Hall–Kier alpha value is -1.79.